The van der Waals surface area contributed by atoms with E-state index in [4.69, 9.17) is 22.3 Å². The van der Waals surface area contributed by atoms with Crippen LogP contribution < -0.4 is 15.5 Å². The van der Waals surface area contributed by atoms with Gasteiger partial charge in [0.2, 0.25) is 0 Å². The molecule has 0 bridgehead atoms. The molecule has 0 saturated carbocycles. The van der Waals surface area contributed by atoms with Crippen molar-refractivity contribution in [1.29, 1.82) is 5.26 Å². The number of halogens is 3. The molecule has 194 valence electrons. The zero-order valence-electron chi connectivity index (χ0n) is 20.6. The fourth-order valence-corrected chi connectivity index (χ4v) is 5.70. The molecule has 2 aliphatic heterocycles. The highest BCUT2D eigenvalue weighted by Gasteiger charge is 2.26. The van der Waals surface area contributed by atoms with Crippen LogP contribution in [0.15, 0.2) is 48.7 Å². The Morgan fingerprint density at radius 2 is 1.84 bits per heavy atom. The van der Waals surface area contributed by atoms with Crippen molar-refractivity contribution in [2.45, 2.75) is 30.7 Å². The summed E-state index contributed by atoms with van der Waals surface area (Å²) in [6.07, 6.45) is 4.43. The van der Waals surface area contributed by atoms with Crippen molar-refractivity contribution in [1.82, 2.24) is 14.5 Å². The first-order valence-corrected chi connectivity index (χ1v) is 13.1. The fourth-order valence-electron chi connectivity index (χ4n) is 5.44. The molecule has 2 atom stereocenters. The maximum atomic E-state index is 15.8. The zero-order valence-corrected chi connectivity index (χ0v) is 21.4. The van der Waals surface area contributed by atoms with Crippen LogP contribution in [-0.2, 0) is 0 Å². The number of aromatic nitrogens is 3. The summed E-state index contributed by atoms with van der Waals surface area (Å²) in [5.74, 6) is -0.792. The summed E-state index contributed by atoms with van der Waals surface area (Å²) in [5, 5.41) is 9.24. The van der Waals surface area contributed by atoms with Crippen molar-refractivity contribution in [2.75, 3.05) is 36.0 Å². The minimum Gasteiger partial charge on any atom is -0.370 e. The molecule has 0 radical (unpaired) electrons. The van der Waals surface area contributed by atoms with Gasteiger partial charge in [-0.2, -0.15) is 5.26 Å². The predicted molar refractivity (Wildman–Crippen MR) is 145 cm³/mol. The van der Waals surface area contributed by atoms with E-state index in [9.17, 15) is 9.65 Å². The van der Waals surface area contributed by atoms with Crippen LogP contribution in [0.25, 0.3) is 28.2 Å². The summed E-state index contributed by atoms with van der Waals surface area (Å²) in [6, 6.07) is 13.1. The third-order valence-electron chi connectivity index (χ3n) is 7.34. The van der Waals surface area contributed by atoms with Crippen molar-refractivity contribution >= 4 is 34.1 Å². The van der Waals surface area contributed by atoms with Gasteiger partial charge in [0.15, 0.2) is 5.65 Å². The van der Waals surface area contributed by atoms with Crippen molar-refractivity contribution in [3.8, 4) is 23.1 Å². The Morgan fingerprint density at radius 3 is 2.55 bits per heavy atom. The maximum Gasteiger partial charge on any atom is 0.167 e. The van der Waals surface area contributed by atoms with Gasteiger partial charge in [0.1, 0.15) is 29.0 Å². The van der Waals surface area contributed by atoms with Crippen LogP contribution in [0.1, 0.15) is 24.8 Å². The van der Waals surface area contributed by atoms with E-state index in [1.54, 1.807) is 22.9 Å². The summed E-state index contributed by atoms with van der Waals surface area (Å²) in [6.45, 7) is 2.92. The third-order valence-corrected chi connectivity index (χ3v) is 7.70. The van der Waals surface area contributed by atoms with E-state index < -0.39 is 11.6 Å². The normalized spacial score (nSPS) is 19.8. The highest BCUT2D eigenvalue weighted by Crippen LogP contribution is 2.36. The number of nitriles is 1. The first kappa shape index (κ1) is 24.6. The number of nitrogens with zero attached hydrogens (tertiary/aromatic N) is 6. The standard InChI is InChI=1S/C28H26ClF2N7/c29-19-8-11-36(15-19)21-5-6-24(23(31)13-21)38-27(17-3-4-18(14-32)22(30)12-17)35-26-25(7-9-34-28(26)38)37-10-1-2-20(33)16-37/h3-7,9,12-13,19-20H,1-2,8,10-11,15-16,33H2/t19-,20+/m0/s1. The molecule has 2 N–H and O–H groups in total. The van der Waals surface area contributed by atoms with Gasteiger partial charge in [-0.15, -0.1) is 11.6 Å². The predicted octanol–water partition coefficient (Wildman–Crippen LogP) is 4.98. The van der Waals surface area contributed by atoms with Crippen molar-refractivity contribution in [3.63, 3.8) is 0 Å². The molecule has 2 fully saturated rings. The topological polar surface area (TPSA) is 87.0 Å². The SMILES string of the molecule is N#Cc1ccc(-c2nc3c(N4CCC[C@@H](N)C4)ccnc3n2-c2ccc(N3CC[C@H](Cl)C3)cc2F)cc1F. The largest absolute Gasteiger partial charge is 0.370 e. The second kappa shape index (κ2) is 9.86. The molecule has 2 saturated heterocycles. The molecule has 0 unspecified atom stereocenters. The highest BCUT2D eigenvalue weighted by atomic mass is 35.5. The molecule has 7 nitrogen and oxygen atoms in total. The Balaban J connectivity index is 1.54. The van der Waals surface area contributed by atoms with E-state index in [0.29, 0.717) is 35.6 Å². The van der Waals surface area contributed by atoms with Crippen LogP contribution in [0, 0.1) is 23.0 Å². The van der Waals surface area contributed by atoms with Gasteiger partial charge in [0.25, 0.3) is 0 Å². The first-order valence-electron chi connectivity index (χ1n) is 12.7. The third kappa shape index (κ3) is 4.34. The van der Waals surface area contributed by atoms with Crippen LogP contribution in [0.3, 0.4) is 0 Å². The number of anilines is 2. The molecule has 6 rings (SSSR count). The molecular formula is C28H26ClF2N7. The fraction of sp³-hybridized carbons (Fsp3) is 0.321. The molecule has 2 aromatic heterocycles. The molecule has 0 aliphatic carbocycles. The summed E-state index contributed by atoms with van der Waals surface area (Å²) >= 11 is 6.27. The average Bonchev–Trinajstić information content (AvgIpc) is 3.52. The van der Waals surface area contributed by atoms with E-state index >= 15 is 4.39 Å². The number of rotatable bonds is 4. The first-order chi connectivity index (χ1) is 18.4. The van der Waals surface area contributed by atoms with E-state index in [0.717, 1.165) is 43.7 Å². The van der Waals surface area contributed by atoms with Gasteiger partial charge in [-0.3, -0.25) is 4.57 Å². The van der Waals surface area contributed by atoms with Gasteiger partial charge < -0.3 is 15.5 Å². The molecule has 10 heteroatoms. The summed E-state index contributed by atoms with van der Waals surface area (Å²) in [7, 11) is 0. The smallest absolute Gasteiger partial charge is 0.167 e. The summed E-state index contributed by atoms with van der Waals surface area (Å²) in [5.41, 5.74) is 9.47. The van der Waals surface area contributed by atoms with Crippen LogP contribution in [0.2, 0.25) is 0 Å². The monoisotopic (exact) mass is 533 g/mol. The molecular weight excluding hydrogens is 508 g/mol. The lowest BCUT2D eigenvalue weighted by Crippen LogP contribution is -2.42. The van der Waals surface area contributed by atoms with Gasteiger partial charge in [0, 0.05) is 49.7 Å². The van der Waals surface area contributed by atoms with E-state index in [1.165, 1.54) is 18.2 Å². The van der Waals surface area contributed by atoms with Gasteiger partial charge in [-0.25, -0.2) is 18.7 Å². The van der Waals surface area contributed by atoms with E-state index in [1.807, 2.05) is 18.2 Å². The lowest BCUT2D eigenvalue weighted by molar-refractivity contribution is 0.507. The zero-order chi connectivity index (χ0) is 26.4. The lowest BCUT2D eigenvalue weighted by Gasteiger charge is -2.32. The number of nitrogens with two attached hydrogens (primary N) is 1. The second-order valence-electron chi connectivity index (χ2n) is 9.90. The maximum absolute atomic E-state index is 15.8. The van der Waals surface area contributed by atoms with Gasteiger partial charge in [0.05, 0.1) is 22.3 Å². The number of hydrogen-bond donors (Lipinski definition) is 1. The number of piperidine rings is 1. The summed E-state index contributed by atoms with van der Waals surface area (Å²) < 4.78 is 32.1. The Kier molecular flexibility index (Phi) is 6.38. The molecule has 2 aromatic carbocycles. The lowest BCUT2D eigenvalue weighted by atomic mass is 10.1. The van der Waals surface area contributed by atoms with Crippen LogP contribution in [0.4, 0.5) is 20.2 Å². The van der Waals surface area contributed by atoms with Gasteiger partial charge in [-0.1, -0.05) is 0 Å². The number of pyridine rings is 1. The van der Waals surface area contributed by atoms with Crippen molar-refractivity contribution in [3.05, 3.63) is 65.9 Å². The van der Waals surface area contributed by atoms with E-state index in [2.05, 4.69) is 14.8 Å². The highest BCUT2D eigenvalue weighted by molar-refractivity contribution is 6.21. The Hall–Kier alpha value is -3.74. The number of fused-ring (bicyclic) bond motifs is 1. The van der Waals surface area contributed by atoms with Crippen LogP contribution in [-0.4, -0.2) is 52.1 Å². The Morgan fingerprint density at radius 1 is 0.974 bits per heavy atom. The Bertz CT molecular complexity index is 1560. The van der Waals surface area contributed by atoms with Crippen LogP contribution in [0.5, 0.6) is 0 Å². The minimum absolute atomic E-state index is 0.0405. The second-order valence-corrected chi connectivity index (χ2v) is 10.5. The van der Waals surface area contributed by atoms with E-state index in [-0.39, 0.29) is 22.7 Å². The number of benzene rings is 2. The quantitative estimate of drug-likeness (QED) is 0.372. The van der Waals surface area contributed by atoms with Gasteiger partial charge in [-0.05, 0) is 61.7 Å². The molecule has 4 heterocycles. The summed E-state index contributed by atoms with van der Waals surface area (Å²) in [4.78, 5) is 13.7. The number of hydrogen-bond acceptors (Lipinski definition) is 6. The molecule has 0 spiro atoms. The molecule has 0 amide bonds. The molecule has 4 aromatic rings. The molecule has 2 aliphatic rings. The van der Waals surface area contributed by atoms with Crippen LogP contribution >= 0.6 is 11.6 Å². The number of imidazole rings is 1. The van der Waals surface area contributed by atoms with Gasteiger partial charge >= 0.3 is 0 Å². The number of alkyl halides is 1. The van der Waals surface area contributed by atoms with Crippen molar-refractivity contribution < 1.29 is 8.78 Å². The van der Waals surface area contributed by atoms with Crippen molar-refractivity contribution in [2.24, 2.45) is 5.73 Å². The Labute approximate surface area is 224 Å². The molecule has 38 heavy (non-hydrogen) atoms. The average molecular weight is 534 g/mol. The minimum atomic E-state index is -0.667.